The molecule has 0 atom stereocenters. The minimum Gasteiger partial charge on any atom is -0.322 e. The number of hydrogen-bond donors (Lipinski definition) is 1. The van der Waals surface area contributed by atoms with E-state index in [9.17, 15) is 53.1 Å². The summed E-state index contributed by atoms with van der Waals surface area (Å²) in [7, 11) is 0. The van der Waals surface area contributed by atoms with Crippen molar-refractivity contribution in [1.29, 1.82) is 0 Å². The molecule has 1 saturated carbocycles. The summed E-state index contributed by atoms with van der Waals surface area (Å²) < 4.78 is 149. The van der Waals surface area contributed by atoms with E-state index in [0.717, 1.165) is 23.5 Å². The highest BCUT2D eigenvalue weighted by atomic mass is 35.5. The quantitative estimate of drug-likeness (QED) is 0.638. The number of amides is 1. The summed E-state index contributed by atoms with van der Waals surface area (Å²) in [6, 6.07) is 3.72. The van der Waals surface area contributed by atoms with E-state index in [0.29, 0.717) is 6.07 Å². The third kappa shape index (κ3) is 2.23. The first-order chi connectivity index (χ1) is 11.9. The van der Waals surface area contributed by atoms with Crippen LogP contribution in [0.2, 0.25) is 5.02 Å². The minimum absolute atomic E-state index is 0.610. The van der Waals surface area contributed by atoms with Gasteiger partial charge in [-0.3, -0.25) is 4.79 Å². The van der Waals surface area contributed by atoms with Crippen LogP contribution in [0.4, 0.5) is 54.0 Å². The Morgan fingerprint density at radius 3 is 1.48 bits per heavy atom. The molecular formula is C13H5ClF11NO. The molecule has 1 fully saturated rings. The molecule has 14 heteroatoms. The molecule has 0 saturated heterocycles. The fourth-order valence-electron chi connectivity index (χ4n) is 2.28. The molecule has 0 bridgehead atoms. The molecule has 1 amide bonds. The standard InChI is InChI=1S/C13H5ClF11NO/c14-5-3-1-2-4-6(5)26-7(27)8(15)9(16,17)11(20,21)13(24,25)12(22,23)10(8,18)19/h1-4H,(H,26,27). The Balaban J connectivity index is 2.71. The summed E-state index contributed by atoms with van der Waals surface area (Å²) >= 11 is 5.42. The van der Waals surface area contributed by atoms with Crippen LogP contribution >= 0.6 is 11.6 Å². The molecule has 0 spiro atoms. The maximum absolute atomic E-state index is 14.4. The summed E-state index contributed by atoms with van der Waals surface area (Å²) in [6.45, 7) is 0. The number of rotatable bonds is 2. The van der Waals surface area contributed by atoms with E-state index in [2.05, 4.69) is 0 Å². The molecule has 1 aromatic rings. The first-order valence-electron chi connectivity index (χ1n) is 6.55. The molecule has 1 N–H and O–H groups in total. The van der Waals surface area contributed by atoms with Crippen molar-refractivity contribution in [3.63, 3.8) is 0 Å². The van der Waals surface area contributed by atoms with Gasteiger partial charge in [-0.25, -0.2) is 4.39 Å². The highest BCUT2D eigenvalue weighted by Gasteiger charge is 3.02. The molecular weight excluding hydrogens is 431 g/mol. The molecule has 1 aromatic carbocycles. The second-order valence-corrected chi connectivity index (χ2v) is 5.87. The molecule has 2 rings (SSSR count). The average Bonchev–Trinajstić information content (AvgIpc) is 2.54. The van der Waals surface area contributed by atoms with Gasteiger partial charge in [-0.05, 0) is 12.1 Å². The number of nitrogens with one attached hydrogen (secondary N) is 1. The van der Waals surface area contributed by atoms with Gasteiger partial charge in [0.05, 0.1) is 10.7 Å². The average molecular weight is 436 g/mol. The predicted octanol–water partition coefficient (Wildman–Crippen LogP) is 5.18. The number of alkyl halides is 11. The monoisotopic (exact) mass is 435 g/mol. The number of para-hydroxylation sites is 1. The third-order valence-corrected chi connectivity index (χ3v) is 4.21. The van der Waals surface area contributed by atoms with Crippen molar-refractivity contribution in [3.05, 3.63) is 29.3 Å². The second-order valence-electron chi connectivity index (χ2n) is 5.46. The van der Waals surface area contributed by atoms with Crippen molar-refractivity contribution >= 4 is 23.2 Å². The van der Waals surface area contributed by atoms with Crippen LogP contribution in [0, 0.1) is 0 Å². The fraction of sp³-hybridized carbons (Fsp3) is 0.462. The molecule has 1 aliphatic rings. The van der Waals surface area contributed by atoms with Crippen LogP contribution in [0.25, 0.3) is 0 Å². The van der Waals surface area contributed by atoms with Crippen molar-refractivity contribution in [3.8, 4) is 0 Å². The molecule has 2 nitrogen and oxygen atoms in total. The van der Waals surface area contributed by atoms with Crippen LogP contribution in [-0.2, 0) is 4.79 Å². The van der Waals surface area contributed by atoms with E-state index in [1.54, 1.807) is 0 Å². The van der Waals surface area contributed by atoms with Crippen LogP contribution in [0.5, 0.6) is 0 Å². The Morgan fingerprint density at radius 1 is 0.704 bits per heavy atom. The molecule has 27 heavy (non-hydrogen) atoms. The highest BCUT2D eigenvalue weighted by molar-refractivity contribution is 6.33. The van der Waals surface area contributed by atoms with Gasteiger partial charge in [-0.1, -0.05) is 23.7 Å². The minimum atomic E-state index is -7.38. The van der Waals surface area contributed by atoms with Crippen LogP contribution in [0.15, 0.2) is 24.3 Å². The van der Waals surface area contributed by atoms with Crippen LogP contribution < -0.4 is 5.32 Å². The normalized spacial score (nSPS) is 26.2. The van der Waals surface area contributed by atoms with Crippen LogP contribution in [-0.4, -0.2) is 41.2 Å². The van der Waals surface area contributed by atoms with Gasteiger partial charge in [0.2, 0.25) is 0 Å². The van der Waals surface area contributed by atoms with Gasteiger partial charge in [-0.15, -0.1) is 0 Å². The third-order valence-electron chi connectivity index (χ3n) is 3.88. The lowest BCUT2D eigenvalue weighted by molar-refractivity contribution is -0.475. The van der Waals surface area contributed by atoms with Gasteiger partial charge < -0.3 is 5.32 Å². The van der Waals surface area contributed by atoms with Gasteiger partial charge in [0.15, 0.2) is 0 Å². The first kappa shape index (κ1) is 21.5. The number of halogens is 12. The van der Waals surface area contributed by atoms with Crippen molar-refractivity contribution in [2.45, 2.75) is 35.3 Å². The molecule has 152 valence electrons. The van der Waals surface area contributed by atoms with E-state index in [1.807, 2.05) is 0 Å². The lowest BCUT2D eigenvalue weighted by Crippen LogP contribution is -2.86. The molecule has 1 aliphatic carbocycles. The SMILES string of the molecule is O=C(Nc1ccccc1Cl)C1(F)C(F)(F)C(F)(F)C(F)(F)C(F)(F)C1(F)F. The van der Waals surface area contributed by atoms with Crippen molar-refractivity contribution in [1.82, 2.24) is 0 Å². The zero-order chi connectivity index (χ0) is 21.3. The number of carbonyl (C=O) groups excluding carboxylic acids is 1. The lowest BCUT2D eigenvalue weighted by atomic mass is 9.71. The zero-order valence-corrected chi connectivity index (χ0v) is 13.0. The predicted molar refractivity (Wildman–Crippen MR) is 68.7 cm³/mol. The topological polar surface area (TPSA) is 29.1 Å². The van der Waals surface area contributed by atoms with E-state index in [4.69, 9.17) is 11.6 Å². The summed E-state index contributed by atoms with van der Waals surface area (Å²) in [4.78, 5) is 11.6. The number of carbonyl (C=O) groups is 1. The zero-order valence-electron chi connectivity index (χ0n) is 12.3. The summed E-state index contributed by atoms with van der Waals surface area (Å²) in [5, 5.41) is 0.307. The van der Waals surface area contributed by atoms with Crippen molar-refractivity contribution < 1.29 is 53.1 Å². The number of anilines is 1. The smallest absolute Gasteiger partial charge is 0.322 e. The van der Waals surface area contributed by atoms with E-state index >= 15 is 0 Å². The van der Waals surface area contributed by atoms with Crippen molar-refractivity contribution in [2.24, 2.45) is 0 Å². The summed E-state index contributed by atoms with van der Waals surface area (Å²) in [6.07, 6.45) is 0. The van der Waals surface area contributed by atoms with Crippen LogP contribution in [0.3, 0.4) is 0 Å². The fourth-order valence-corrected chi connectivity index (χ4v) is 2.46. The Labute approximate surface area is 147 Å². The van der Waals surface area contributed by atoms with Gasteiger partial charge >= 0.3 is 35.3 Å². The van der Waals surface area contributed by atoms with Gasteiger partial charge in [0.25, 0.3) is 5.91 Å². The number of benzene rings is 1. The van der Waals surface area contributed by atoms with Gasteiger partial charge in [0, 0.05) is 0 Å². The summed E-state index contributed by atoms with van der Waals surface area (Å²) in [5.74, 6) is -40.0. The molecule has 0 radical (unpaired) electrons. The Kier molecular flexibility index (Phi) is 4.47. The largest absolute Gasteiger partial charge is 0.384 e. The molecule has 0 unspecified atom stereocenters. The van der Waals surface area contributed by atoms with Crippen molar-refractivity contribution in [2.75, 3.05) is 5.32 Å². The first-order valence-corrected chi connectivity index (χ1v) is 6.93. The van der Waals surface area contributed by atoms with Gasteiger partial charge in [0.1, 0.15) is 0 Å². The molecule has 0 heterocycles. The lowest BCUT2D eigenvalue weighted by Gasteiger charge is -2.51. The maximum Gasteiger partial charge on any atom is 0.384 e. The van der Waals surface area contributed by atoms with E-state index in [-0.39, 0.29) is 0 Å². The van der Waals surface area contributed by atoms with E-state index < -0.39 is 51.9 Å². The molecule has 0 aromatic heterocycles. The second kappa shape index (κ2) is 5.61. The summed E-state index contributed by atoms with van der Waals surface area (Å²) in [5.41, 5.74) is -7.66. The Morgan fingerprint density at radius 2 is 1.07 bits per heavy atom. The molecule has 0 aliphatic heterocycles. The maximum atomic E-state index is 14.4. The van der Waals surface area contributed by atoms with E-state index in [1.165, 1.54) is 0 Å². The Hall–Kier alpha value is -1.79. The number of hydrogen-bond acceptors (Lipinski definition) is 1. The Bertz CT molecular complexity index is 749. The van der Waals surface area contributed by atoms with Gasteiger partial charge in [-0.2, -0.15) is 43.9 Å². The highest BCUT2D eigenvalue weighted by Crippen LogP contribution is 2.69. The van der Waals surface area contributed by atoms with Crippen LogP contribution in [0.1, 0.15) is 0 Å².